The van der Waals surface area contributed by atoms with Crippen molar-refractivity contribution in [1.29, 1.82) is 0 Å². The number of likely N-dealkylation sites (tertiary alicyclic amines) is 1. The van der Waals surface area contributed by atoms with E-state index in [0.717, 1.165) is 60.0 Å². The molecule has 6 heterocycles. The number of fused-ring (bicyclic) bond motifs is 3. The van der Waals surface area contributed by atoms with Crippen LogP contribution in [0.15, 0.2) is 72.4 Å². The maximum Gasteiger partial charge on any atom is 0.278 e. The van der Waals surface area contributed by atoms with Crippen LogP contribution in [0.4, 0.5) is 11.6 Å². The van der Waals surface area contributed by atoms with Crippen LogP contribution in [0.2, 0.25) is 0 Å². The highest BCUT2D eigenvalue weighted by Crippen LogP contribution is 2.28. The molecule has 0 saturated carbocycles. The summed E-state index contributed by atoms with van der Waals surface area (Å²) in [5, 5.41) is 10.1. The number of rotatable bonds is 6. The Kier molecular flexibility index (Phi) is 6.15. The van der Waals surface area contributed by atoms with Crippen LogP contribution in [0.3, 0.4) is 0 Å². The minimum absolute atomic E-state index is 0.188. The van der Waals surface area contributed by atoms with Gasteiger partial charge in [0.15, 0.2) is 11.5 Å². The van der Waals surface area contributed by atoms with E-state index in [1.54, 1.807) is 21.6 Å². The highest BCUT2D eigenvalue weighted by molar-refractivity contribution is 5.84. The molecule has 1 aromatic carbocycles. The molecule has 0 bridgehead atoms. The lowest BCUT2D eigenvalue weighted by atomic mass is 10.1. The number of allylic oxidation sites excluding steroid dienone is 1. The third-order valence-electron chi connectivity index (χ3n) is 8.06. The van der Waals surface area contributed by atoms with Crippen molar-refractivity contribution in [1.82, 2.24) is 43.6 Å². The molecule has 6 aromatic rings. The van der Waals surface area contributed by atoms with Gasteiger partial charge in [0, 0.05) is 41.9 Å². The zero-order chi connectivity index (χ0) is 28.1. The number of anilines is 2. The van der Waals surface area contributed by atoms with Crippen LogP contribution in [0, 0.1) is 0 Å². The van der Waals surface area contributed by atoms with E-state index < -0.39 is 0 Å². The third kappa shape index (κ3) is 4.38. The average molecular weight is 549 g/mol. The molecule has 1 aliphatic heterocycles. The van der Waals surface area contributed by atoms with Gasteiger partial charge < -0.3 is 14.8 Å². The van der Waals surface area contributed by atoms with Crippen molar-refractivity contribution >= 4 is 44.6 Å². The van der Waals surface area contributed by atoms with Gasteiger partial charge in [0.2, 0.25) is 5.95 Å². The summed E-state index contributed by atoms with van der Waals surface area (Å²) < 4.78 is 7.53. The number of benzene rings is 1. The fourth-order valence-corrected chi connectivity index (χ4v) is 5.91. The summed E-state index contributed by atoms with van der Waals surface area (Å²) in [6, 6.07) is 12.5. The largest absolute Gasteiger partial charge is 0.329 e. The Hall–Kier alpha value is -4.77. The summed E-state index contributed by atoms with van der Waals surface area (Å²) in [7, 11) is 4.10. The lowest BCUT2D eigenvalue weighted by Gasteiger charge is -2.18. The molecule has 5 aromatic heterocycles. The lowest BCUT2D eigenvalue weighted by molar-refractivity contribution is 0.342. The molecule has 7 rings (SSSR count). The Morgan fingerprint density at radius 1 is 1.02 bits per heavy atom. The van der Waals surface area contributed by atoms with Gasteiger partial charge in [0.05, 0.1) is 18.3 Å². The van der Waals surface area contributed by atoms with Crippen LogP contribution < -0.4 is 10.9 Å². The summed E-state index contributed by atoms with van der Waals surface area (Å²) in [4.78, 5) is 30.3. The second-order valence-electron chi connectivity index (χ2n) is 10.8. The van der Waals surface area contributed by atoms with Gasteiger partial charge in [0.25, 0.3) is 5.56 Å². The predicted octanol–water partition coefficient (Wildman–Crippen LogP) is 4.41. The van der Waals surface area contributed by atoms with Gasteiger partial charge in [-0.25, -0.2) is 19.3 Å². The van der Waals surface area contributed by atoms with E-state index in [2.05, 4.69) is 56.8 Å². The molecule has 41 heavy (non-hydrogen) atoms. The first kappa shape index (κ1) is 25.2. The van der Waals surface area contributed by atoms with Crippen molar-refractivity contribution in [2.24, 2.45) is 7.05 Å². The van der Waals surface area contributed by atoms with Gasteiger partial charge in [-0.3, -0.25) is 9.48 Å². The molecular weight excluding hydrogens is 516 g/mol. The smallest absolute Gasteiger partial charge is 0.278 e. The Morgan fingerprint density at radius 2 is 1.93 bits per heavy atom. The van der Waals surface area contributed by atoms with E-state index in [9.17, 15) is 4.79 Å². The van der Waals surface area contributed by atoms with E-state index in [1.165, 1.54) is 0 Å². The van der Waals surface area contributed by atoms with Gasteiger partial charge in [-0.1, -0.05) is 6.08 Å². The van der Waals surface area contributed by atoms with Crippen molar-refractivity contribution in [3.8, 4) is 5.82 Å². The Morgan fingerprint density at radius 3 is 2.80 bits per heavy atom. The van der Waals surface area contributed by atoms with Gasteiger partial charge in [-0.15, -0.1) is 6.58 Å². The maximum atomic E-state index is 13.5. The van der Waals surface area contributed by atoms with Crippen LogP contribution in [0.25, 0.3) is 38.8 Å². The normalized spacial score (nSPS) is 16.5. The maximum absolute atomic E-state index is 13.5. The van der Waals surface area contributed by atoms with Gasteiger partial charge in [0.1, 0.15) is 11.0 Å². The van der Waals surface area contributed by atoms with Crippen molar-refractivity contribution in [3.63, 3.8) is 0 Å². The number of hydrogen-bond donors (Lipinski definition) is 1. The summed E-state index contributed by atoms with van der Waals surface area (Å²) in [5.74, 6) is 1.01. The molecule has 0 unspecified atom stereocenters. The van der Waals surface area contributed by atoms with Crippen LogP contribution in [0.1, 0.15) is 25.3 Å². The number of aryl methyl sites for hydroxylation is 1. The number of pyridine rings is 1. The molecular formula is C30H32N10O. The predicted molar refractivity (Wildman–Crippen MR) is 161 cm³/mol. The second kappa shape index (κ2) is 10.0. The first-order valence-corrected chi connectivity index (χ1v) is 13.9. The molecule has 0 aliphatic carbocycles. The van der Waals surface area contributed by atoms with Crippen molar-refractivity contribution in [2.75, 3.05) is 25.5 Å². The van der Waals surface area contributed by atoms with Crippen molar-refractivity contribution < 1.29 is 0 Å². The first-order chi connectivity index (χ1) is 20.0. The summed E-state index contributed by atoms with van der Waals surface area (Å²) >= 11 is 0. The Labute approximate surface area is 236 Å². The number of nitrogens with one attached hydrogen (secondary N) is 1. The summed E-state index contributed by atoms with van der Waals surface area (Å²) in [5.41, 5.74) is 3.07. The van der Waals surface area contributed by atoms with Gasteiger partial charge >= 0.3 is 0 Å². The Balaban J connectivity index is 1.33. The van der Waals surface area contributed by atoms with Crippen molar-refractivity contribution in [2.45, 2.75) is 31.8 Å². The second-order valence-corrected chi connectivity index (χ2v) is 10.8. The van der Waals surface area contributed by atoms with E-state index >= 15 is 0 Å². The molecule has 1 saturated heterocycles. The molecule has 1 atom stereocenters. The van der Waals surface area contributed by atoms with E-state index in [0.29, 0.717) is 35.4 Å². The zero-order valence-corrected chi connectivity index (χ0v) is 23.2. The third-order valence-corrected chi connectivity index (χ3v) is 8.06. The molecule has 1 fully saturated rings. The fraction of sp³-hybridized carbons (Fsp3) is 0.300. The molecule has 0 amide bonds. The van der Waals surface area contributed by atoms with E-state index in [4.69, 9.17) is 9.97 Å². The number of hydrogen-bond acceptors (Lipinski definition) is 7. The SMILES string of the molecule is C=CCn1c(=O)c2cnc(Nc3ccc4c(cnn4C)c3)nc2n1-c1ccc2ccn([C@@H]3CCCN(C)CC3)c2n1. The van der Waals surface area contributed by atoms with Crippen LogP contribution in [-0.4, -0.2) is 63.7 Å². The minimum Gasteiger partial charge on any atom is -0.329 e. The lowest BCUT2D eigenvalue weighted by Crippen LogP contribution is -2.22. The molecule has 1 N–H and O–H groups in total. The standard InChI is InChI=1S/C30H32N10O/c1-4-13-39-29(41)24-19-31-30(33-22-8-9-25-21(17-22)18-32-37(25)3)35-28(24)40(39)26-10-7-20-11-16-38(27(20)34-26)23-6-5-14-36(2)15-12-23/h4,7-11,16-19,23H,1,5-6,12-15H2,2-3H3,(H,31,33,35)/t23-/m1/s1. The highest BCUT2D eigenvalue weighted by atomic mass is 16.1. The average Bonchev–Trinajstić information content (AvgIpc) is 3.58. The van der Waals surface area contributed by atoms with Gasteiger partial charge in [-0.05, 0) is 75.8 Å². The molecule has 0 spiro atoms. The van der Waals surface area contributed by atoms with Crippen LogP contribution in [-0.2, 0) is 13.6 Å². The molecule has 0 radical (unpaired) electrons. The van der Waals surface area contributed by atoms with Crippen LogP contribution >= 0.6 is 0 Å². The van der Waals surface area contributed by atoms with E-state index in [-0.39, 0.29) is 5.56 Å². The Bertz CT molecular complexity index is 1980. The number of nitrogens with zero attached hydrogens (tertiary/aromatic N) is 9. The topological polar surface area (TPSA) is 104 Å². The summed E-state index contributed by atoms with van der Waals surface area (Å²) in [6.07, 6.45) is 10.6. The number of aromatic nitrogens is 8. The molecule has 208 valence electrons. The van der Waals surface area contributed by atoms with E-state index in [1.807, 2.05) is 42.2 Å². The first-order valence-electron chi connectivity index (χ1n) is 13.9. The molecule has 11 heteroatoms. The van der Waals surface area contributed by atoms with Gasteiger partial charge in [-0.2, -0.15) is 10.1 Å². The monoisotopic (exact) mass is 548 g/mol. The van der Waals surface area contributed by atoms with Crippen LogP contribution in [0.5, 0.6) is 0 Å². The molecule has 1 aliphatic rings. The fourth-order valence-electron chi connectivity index (χ4n) is 5.91. The molecule has 11 nitrogen and oxygen atoms in total. The zero-order valence-electron chi connectivity index (χ0n) is 23.2. The van der Waals surface area contributed by atoms with Crippen molar-refractivity contribution in [3.05, 3.63) is 78.0 Å². The summed E-state index contributed by atoms with van der Waals surface area (Å²) in [6.45, 7) is 6.36. The highest BCUT2D eigenvalue weighted by Gasteiger charge is 2.21. The minimum atomic E-state index is -0.188. The quantitative estimate of drug-likeness (QED) is 0.308.